The van der Waals surface area contributed by atoms with Gasteiger partial charge in [-0.3, -0.25) is 0 Å². The van der Waals surface area contributed by atoms with Crippen molar-refractivity contribution in [1.82, 2.24) is 15.1 Å². The van der Waals surface area contributed by atoms with Crippen molar-refractivity contribution in [3.05, 3.63) is 17.0 Å². The fourth-order valence-corrected chi connectivity index (χ4v) is 1.74. The van der Waals surface area contributed by atoms with Gasteiger partial charge in [-0.05, 0) is 20.8 Å². The molecule has 0 atom stereocenters. The Hall–Kier alpha value is -1.27. The number of aromatic nitrogens is 3. The molecule has 0 bridgehead atoms. The third kappa shape index (κ3) is 2.05. The van der Waals surface area contributed by atoms with Crippen LogP contribution in [-0.4, -0.2) is 15.1 Å². The molecule has 15 heavy (non-hydrogen) atoms. The summed E-state index contributed by atoms with van der Waals surface area (Å²) in [4.78, 5) is 9.23. The molecular formula is C9H12N4OS. The molecule has 0 saturated heterocycles. The summed E-state index contributed by atoms with van der Waals surface area (Å²) in [6, 6.07) is 0. The third-order valence-electron chi connectivity index (χ3n) is 1.83. The normalized spacial score (nSPS) is 12.0. The Labute approximate surface area is 91.3 Å². The maximum atomic E-state index is 5.86. The van der Waals surface area contributed by atoms with Gasteiger partial charge in [-0.25, -0.2) is 4.98 Å². The highest BCUT2D eigenvalue weighted by atomic mass is 32.1. The van der Waals surface area contributed by atoms with Crippen LogP contribution in [0.3, 0.4) is 0 Å². The predicted octanol–water partition coefficient (Wildman–Crippen LogP) is 1.70. The van der Waals surface area contributed by atoms with E-state index >= 15 is 0 Å². The maximum absolute atomic E-state index is 5.86. The number of thiazole rings is 1. The number of hydrogen-bond donors (Lipinski definition) is 1. The Morgan fingerprint density at radius 2 is 2.20 bits per heavy atom. The Bertz CT molecular complexity index is 468. The lowest BCUT2D eigenvalue weighted by Gasteiger charge is -2.11. The van der Waals surface area contributed by atoms with Crippen LogP contribution in [0.2, 0.25) is 0 Å². The minimum Gasteiger partial charge on any atom is -0.333 e. The molecule has 0 aliphatic carbocycles. The van der Waals surface area contributed by atoms with Crippen LogP contribution in [0.4, 0.5) is 0 Å². The highest BCUT2D eigenvalue weighted by Crippen LogP contribution is 2.25. The largest absolute Gasteiger partial charge is 0.333 e. The molecule has 0 aromatic carbocycles. The van der Waals surface area contributed by atoms with E-state index in [0.29, 0.717) is 11.7 Å². The van der Waals surface area contributed by atoms with E-state index in [1.54, 1.807) is 6.20 Å². The fourth-order valence-electron chi connectivity index (χ4n) is 1.05. The summed E-state index contributed by atoms with van der Waals surface area (Å²) in [5.41, 5.74) is 5.27. The topological polar surface area (TPSA) is 77.8 Å². The van der Waals surface area contributed by atoms with Crippen molar-refractivity contribution in [2.24, 2.45) is 5.73 Å². The van der Waals surface area contributed by atoms with Gasteiger partial charge in [0, 0.05) is 0 Å². The molecule has 0 amide bonds. The average Bonchev–Trinajstić information content (AvgIpc) is 2.69. The summed E-state index contributed by atoms with van der Waals surface area (Å²) in [5.74, 6) is 0.984. The second-order valence-corrected chi connectivity index (χ2v) is 5.12. The van der Waals surface area contributed by atoms with Crippen LogP contribution < -0.4 is 5.73 Å². The van der Waals surface area contributed by atoms with Crippen molar-refractivity contribution in [3.63, 3.8) is 0 Å². The van der Waals surface area contributed by atoms with Crippen LogP contribution >= 0.6 is 11.3 Å². The first-order valence-electron chi connectivity index (χ1n) is 4.52. The Balaban J connectivity index is 2.36. The molecule has 6 heteroatoms. The molecule has 5 nitrogen and oxygen atoms in total. The van der Waals surface area contributed by atoms with E-state index in [0.717, 1.165) is 9.88 Å². The van der Waals surface area contributed by atoms with E-state index in [9.17, 15) is 0 Å². The molecule has 2 aromatic rings. The summed E-state index contributed by atoms with van der Waals surface area (Å²) in [7, 11) is 0. The van der Waals surface area contributed by atoms with Crippen molar-refractivity contribution in [2.75, 3.05) is 0 Å². The van der Waals surface area contributed by atoms with Crippen LogP contribution in [-0.2, 0) is 5.54 Å². The Morgan fingerprint density at radius 1 is 1.47 bits per heavy atom. The third-order valence-corrected chi connectivity index (χ3v) is 2.74. The molecule has 80 valence electrons. The first-order valence-corrected chi connectivity index (χ1v) is 5.34. The fraction of sp³-hybridized carbons (Fsp3) is 0.444. The van der Waals surface area contributed by atoms with Crippen LogP contribution in [0.15, 0.2) is 10.7 Å². The molecule has 2 N–H and O–H groups in total. The Kier molecular flexibility index (Phi) is 2.32. The van der Waals surface area contributed by atoms with Gasteiger partial charge in [-0.15, -0.1) is 11.3 Å². The van der Waals surface area contributed by atoms with E-state index in [1.165, 1.54) is 11.3 Å². The second kappa shape index (κ2) is 3.39. The van der Waals surface area contributed by atoms with Crippen molar-refractivity contribution in [2.45, 2.75) is 26.3 Å². The summed E-state index contributed by atoms with van der Waals surface area (Å²) >= 11 is 1.52. The second-order valence-electron chi connectivity index (χ2n) is 3.89. The molecular weight excluding hydrogens is 212 g/mol. The zero-order valence-electron chi connectivity index (χ0n) is 8.81. The van der Waals surface area contributed by atoms with E-state index in [4.69, 9.17) is 10.3 Å². The lowest BCUT2D eigenvalue weighted by molar-refractivity contribution is 0.397. The van der Waals surface area contributed by atoms with Crippen LogP contribution in [0, 0.1) is 6.92 Å². The van der Waals surface area contributed by atoms with Gasteiger partial charge in [0.2, 0.25) is 0 Å². The zero-order valence-corrected chi connectivity index (χ0v) is 9.63. The zero-order chi connectivity index (χ0) is 11.1. The standard InChI is InChI=1S/C9H12N4OS/c1-5-11-4-6(15-5)7-12-8(13-14-7)9(2,3)10/h4H,10H2,1-3H3. The summed E-state index contributed by atoms with van der Waals surface area (Å²) in [6.45, 7) is 5.59. The van der Waals surface area contributed by atoms with Crippen LogP contribution in [0.5, 0.6) is 0 Å². The molecule has 0 unspecified atom stereocenters. The van der Waals surface area contributed by atoms with E-state index < -0.39 is 5.54 Å². The smallest absolute Gasteiger partial charge is 0.269 e. The van der Waals surface area contributed by atoms with E-state index in [1.807, 2.05) is 20.8 Å². The first kappa shape index (κ1) is 10.3. The highest BCUT2D eigenvalue weighted by Gasteiger charge is 2.22. The average molecular weight is 224 g/mol. The summed E-state index contributed by atoms with van der Waals surface area (Å²) < 4.78 is 5.12. The van der Waals surface area contributed by atoms with Crippen molar-refractivity contribution < 1.29 is 4.52 Å². The quantitative estimate of drug-likeness (QED) is 0.840. The van der Waals surface area contributed by atoms with Gasteiger partial charge < -0.3 is 10.3 Å². The van der Waals surface area contributed by atoms with Gasteiger partial charge >= 0.3 is 0 Å². The SMILES string of the molecule is Cc1ncc(-c2nc(C(C)(C)N)no2)s1. The molecule has 0 aliphatic rings. The van der Waals surface area contributed by atoms with Gasteiger partial charge in [0.15, 0.2) is 5.82 Å². The van der Waals surface area contributed by atoms with Gasteiger partial charge in [0.05, 0.1) is 16.7 Å². The van der Waals surface area contributed by atoms with Crippen LogP contribution in [0.1, 0.15) is 24.7 Å². The lowest BCUT2D eigenvalue weighted by atomic mass is 10.1. The monoisotopic (exact) mass is 224 g/mol. The van der Waals surface area contributed by atoms with Gasteiger partial charge in [-0.2, -0.15) is 4.98 Å². The van der Waals surface area contributed by atoms with Gasteiger partial charge in [0.25, 0.3) is 5.89 Å². The molecule has 0 aliphatic heterocycles. The number of rotatable bonds is 2. The highest BCUT2D eigenvalue weighted by molar-refractivity contribution is 7.14. The Morgan fingerprint density at radius 3 is 2.67 bits per heavy atom. The minimum atomic E-state index is -0.582. The van der Waals surface area contributed by atoms with Gasteiger partial charge in [0.1, 0.15) is 4.88 Å². The molecule has 2 heterocycles. The maximum Gasteiger partial charge on any atom is 0.269 e. The lowest BCUT2D eigenvalue weighted by Crippen LogP contribution is -2.30. The van der Waals surface area contributed by atoms with Crippen molar-refractivity contribution in [1.29, 1.82) is 0 Å². The molecule has 0 saturated carbocycles. The molecule has 0 fully saturated rings. The molecule has 0 spiro atoms. The molecule has 2 aromatic heterocycles. The number of hydrogen-bond acceptors (Lipinski definition) is 6. The summed E-state index contributed by atoms with van der Waals surface area (Å²) in [6.07, 6.45) is 1.72. The first-order chi connectivity index (χ1) is 6.97. The number of aryl methyl sites for hydroxylation is 1. The minimum absolute atomic E-state index is 0.481. The van der Waals surface area contributed by atoms with Crippen molar-refractivity contribution in [3.8, 4) is 10.8 Å². The predicted molar refractivity (Wildman–Crippen MR) is 57.4 cm³/mol. The van der Waals surface area contributed by atoms with Crippen LogP contribution in [0.25, 0.3) is 10.8 Å². The summed E-state index contributed by atoms with van der Waals surface area (Å²) in [5, 5.41) is 4.81. The van der Waals surface area contributed by atoms with E-state index in [-0.39, 0.29) is 0 Å². The van der Waals surface area contributed by atoms with Crippen molar-refractivity contribution >= 4 is 11.3 Å². The molecule has 2 rings (SSSR count). The number of nitrogens with zero attached hydrogens (tertiary/aromatic N) is 3. The molecule has 0 radical (unpaired) electrons. The van der Waals surface area contributed by atoms with Gasteiger partial charge in [-0.1, -0.05) is 5.16 Å². The number of nitrogens with two attached hydrogens (primary N) is 1. The van der Waals surface area contributed by atoms with E-state index in [2.05, 4.69) is 15.1 Å².